The first-order valence-corrected chi connectivity index (χ1v) is 16.9. The molecule has 0 bridgehead atoms. The number of benzene rings is 8. The van der Waals surface area contributed by atoms with Crippen molar-refractivity contribution in [2.45, 2.75) is 0 Å². The van der Waals surface area contributed by atoms with Gasteiger partial charge in [-0.1, -0.05) is 152 Å². The highest BCUT2D eigenvalue weighted by Crippen LogP contribution is 2.50. The monoisotopic (exact) mass is 653 g/mol. The third kappa shape index (κ3) is 4.11. The summed E-state index contributed by atoms with van der Waals surface area (Å²) in [5, 5.41) is 6.68. The number of nitrogens with zero attached hydrogens (tertiary/aromatic N) is 4. The minimum absolute atomic E-state index is 0.00360. The van der Waals surface area contributed by atoms with Crippen LogP contribution in [0.5, 0.6) is 0 Å². The van der Waals surface area contributed by atoms with E-state index in [1.165, 1.54) is 27.5 Å². The highest BCUT2D eigenvalue weighted by molar-refractivity contribution is 6.30. The van der Waals surface area contributed by atoms with E-state index in [4.69, 9.17) is 21.8 Å². The molecule has 0 fully saturated rings. The molecule has 0 unspecified atom stereocenters. The predicted octanol–water partition coefficient (Wildman–Crippen LogP) is 11.9. The normalized spacial score (nSPS) is 13.3. The number of aromatic nitrogens is 4. The van der Waals surface area contributed by atoms with Crippen LogP contribution in [0, 0.1) is 0 Å². The minimum atomic E-state index is -0.477. The molecule has 10 aromatic rings. The maximum absolute atomic E-state index is 8.85. The Balaban J connectivity index is 1.30. The zero-order valence-corrected chi connectivity index (χ0v) is 27.1. The van der Waals surface area contributed by atoms with Gasteiger partial charge in [0.2, 0.25) is 0 Å². The van der Waals surface area contributed by atoms with Crippen LogP contribution in [0.1, 0.15) is 6.85 Å². The van der Waals surface area contributed by atoms with Gasteiger partial charge in [0.15, 0.2) is 17.5 Å². The second-order valence-corrected chi connectivity index (χ2v) is 12.8. The highest BCUT2D eigenvalue weighted by Gasteiger charge is 2.27. The van der Waals surface area contributed by atoms with E-state index >= 15 is 0 Å². The van der Waals surface area contributed by atoms with Gasteiger partial charge in [0.05, 0.1) is 23.6 Å². The van der Waals surface area contributed by atoms with Crippen LogP contribution in [0.4, 0.5) is 0 Å². The number of fused-ring (bicyclic) bond motifs is 4. The van der Waals surface area contributed by atoms with Gasteiger partial charge in [-0.25, -0.2) is 15.0 Å². The van der Waals surface area contributed by atoms with Gasteiger partial charge in [0.1, 0.15) is 0 Å². The van der Waals surface area contributed by atoms with Crippen molar-refractivity contribution in [2.75, 3.05) is 0 Å². The molecule has 1 aliphatic rings. The van der Waals surface area contributed by atoms with E-state index in [1.807, 2.05) is 48.5 Å². The third-order valence-corrected chi connectivity index (χ3v) is 10.1. The van der Waals surface area contributed by atoms with Crippen molar-refractivity contribution in [3.8, 4) is 62.1 Å². The van der Waals surface area contributed by atoms with Gasteiger partial charge < -0.3 is 4.57 Å². The zero-order chi connectivity index (χ0) is 37.8. The molecule has 1 aliphatic carbocycles. The molecule has 0 amide bonds. The van der Waals surface area contributed by atoms with Gasteiger partial charge in [0.25, 0.3) is 0 Å². The number of hydrogen-bond donors (Lipinski definition) is 0. The first-order valence-electron chi connectivity index (χ1n) is 19.4. The average Bonchev–Trinajstić information content (AvgIpc) is 3.52. The summed E-state index contributed by atoms with van der Waals surface area (Å²) in [6.07, 6.45) is 0. The molecule has 0 atom stereocenters. The van der Waals surface area contributed by atoms with Crippen LogP contribution in [-0.2, 0) is 0 Å². The smallest absolute Gasteiger partial charge is 0.166 e. The Kier molecular flexibility index (Phi) is 4.96. The zero-order valence-electron chi connectivity index (χ0n) is 32.1. The Morgan fingerprint density at radius 1 is 0.392 bits per heavy atom. The van der Waals surface area contributed by atoms with E-state index in [-0.39, 0.29) is 23.5 Å². The molecule has 4 heteroatoms. The Hall–Kier alpha value is -6.91. The fourth-order valence-corrected chi connectivity index (χ4v) is 7.93. The lowest BCUT2D eigenvalue weighted by Gasteiger charge is -2.18. The third-order valence-electron chi connectivity index (χ3n) is 10.1. The summed E-state index contributed by atoms with van der Waals surface area (Å²) in [7, 11) is 0. The Morgan fingerprint density at radius 3 is 1.82 bits per heavy atom. The molecule has 0 radical (unpaired) electrons. The van der Waals surface area contributed by atoms with Gasteiger partial charge in [0, 0.05) is 32.8 Å². The molecular weight excluding hydrogens is 621 g/mol. The van der Waals surface area contributed by atoms with Crippen LogP contribution in [0.15, 0.2) is 170 Å². The van der Waals surface area contributed by atoms with Gasteiger partial charge in [-0.2, -0.15) is 0 Å². The summed E-state index contributed by atoms with van der Waals surface area (Å²) in [5.41, 5.74) is 8.95. The fraction of sp³-hybridized carbons (Fsp3) is 0. The van der Waals surface area contributed by atoms with Gasteiger partial charge >= 0.3 is 0 Å². The number of hydrogen-bond acceptors (Lipinski definition) is 3. The maximum atomic E-state index is 8.85. The molecule has 2 heterocycles. The summed E-state index contributed by atoms with van der Waals surface area (Å²) in [5.74, 6) is 0.630. The van der Waals surface area contributed by atoms with Crippen molar-refractivity contribution in [3.05, 3.63) is 170 Å². The summed E-state index contributed by atoms with van der Waals surface area (Å²) < 4.78 is 45.2. The van der Waals surface area contributed by atoms with Crippen LogP contribution in [0.25, 0.3) is 105 Å². The molecule has 4 nitrogen and oxygen atoms in total. The predicted molar refractivity (Wildman–Crippen MR) is 210 cm³/mol. The van der Waals surface area contributed by atoms with Crippen molar-refractivity contribution >= 4 is 43.4 Å². The second-order valence-electron chi connectivity index (χ2n) is 12.8. The van der Waals surface area contributed by atoms with Gasteiger partial charge in [-0.05, 0) is 56.6 Å². The van der Waals surface area contributed by atoms with E-state index in [0.717, 1.165) is 43.8 Å². The Labute approximate surface area is 301 Å². The maximum Gasteiger partial charge on any atom is 0.166 e. The van der Waals surface area contributed by atoms with Gasteiger partial charge in [-0.3, -0.25) is 0 Å². The van der Waals surface area contributed by atoms with E-state index in [9.17, 15) is 0 Å². The molecule has 0 aliphatic heterocycles. The molecule has 11 rings (SSSR count). The lowest BCUT2D eigenvalue weighted by molar-refractivity contribution is 1.07. The first kappa shape index (κ1) is 23.4. The van der Waals surface area contributed by atoms with Crippen LogP contribution in [-0.4, -0.2) is 19.5 Å². The van der Waals surface area contributed by atoms with Crippen LogP contribution in [0.3, 0.4) is 0 Å². The first-order chi connectivity index (χ1) is 27.4. The van der Waals surface area contributed by atoms with E-state index in [0.29, 0.717) is 22.8 Å². The summed E-state index contributed by atoms with van der Waals surface area (Å²) in [4.78, 5) is 14.9. The molecule has 0 saturated heterocycles. The van der Waals surface area contributed by atoms with Crippen molar-refractivity contribution in [1.29, 1.82) is 0 Å². The Morgan fingerprint density at radius 2 is 1.00 bits per heavy atom. The van der Waals surface area contributed by atoms with Gasteiger partial charge in [-0.15, -0.1) is 0 Å². The van der Waals surface area contributed by atoms with Crippen molar-refractivity contribution in [1.82, 2.24) is 19.5 Å². The van der Waals surface area contributed by atoms with Crippen molar-refractivity contribution < 1.29 is 6.85 Å². The molecule has 0 spiro atoms. The molecular formula is C47H28N4. The lowest BCUT2D eigenvalue weighted by atomic mass is 9.93. The standard InChI is InChI=1S/C47H28N4/c1-3-14-31(15-4-1)45-48-46(32-16-5-2-6-17-32)50-47(49-45)38-27-25-29-13-7-8-19-33(29)44(38)51-39-24-12-23-37-35-21-10-9-20-34(35)36-22-11-18-30-26-28-40(51)43(41(30)36)42(37)39/h1-28H/i1D,3D,4D,14D,15D. The molecule has 0 N–H and O–H groups in total. The molecule has 236 valence electrons. The van der Waals surface area contributed by atoms with Crippen LogP contribution >= 0.6 is 0 Å². The number of rotatable bonds is 4. The van der Waals surface area contributed by atoms with Crippen molar-refractivity contribution in [2.24, 2.45) is 0 Å². The molecule has 2 aromatic heterocycles. The van der Waals surface area contributed by atoms with E-state index in [1.54, 1.807) is 0 Å². The SMILES string of the molecule is [2H]c1c([2H])c([2H])c(-c2nc(-c3ccccc3)nc(-c3ccc4ccccc4c3-n3c4cccc5c4c4c6c(cccc6ccc43)-c3ccccc3-5)n2)c([2H])c1[2H]. The highest BCUT2D eigenvalue weighted by atomic mass is 15.1. The largest absolute Gasteiger partial charge is 0.308 e. The molecule has 51 heavy (non-hydrogen) atoms. The van der Waals surface area contributed by atoms with Crippen LogP contribution in [0.2, 0.25) is 0 Å². The second kappa shape index (κ2) is 10.8. The summed E-state index contributed by atoms with van der Waals surface area (Å²) in [6, 6.07) is 45.7. The minimum Gasteiger partial charge on any atom is -0.308 e. The molecule has 8 aromatic carbocycles. The van der Waals surface area contributed by atoms with Crippen molar-refractivity contribution in [3.63, 3.8) is 0 Å². The summed E-state index contributed by atoms with van der Waals surface area (Å²) in [6.45, 7) is 0. The summed E-state index contributed by atoms with van der Waals surface area (Å²) >= 11 is 0. The fourth-order valence-electron chi connectivity index (χ4n) is 7.93. The lowest BCUT2D eigenvalue weighted by Crippen LogP contribution is -2.04. The quantitative estimate of drug-likeness (QED) is 0.190. The van der Waals surface area contributed by atoms with Crippen LogP contribution < -0.4 is 0 Å². The topological polar surface area (TPSA) is 43.6 Å². The molecule has 0 saturated carbocycles. The van der Waals surface area contributed by atoms with E-state index in [2.05, 4.69) is 95.6 Å². The Bertz CT molecular complexity index is 3290. The van der Waals surface area contributed by atoms with E-state index < -0.39 is 18.1 Å². The average molecular weight is 654 g/mol.